The van der Waals surface area contributed by atoms with Crippen LogP contribution in [-0.4, -0.2) is 30.2 Å². The Labute approximate surface area is 152 Å². The molecule has 0 radical (unpaired) electrons. The predicted octanol–water partition coefficient (Wildman–Crippen LogP) is 4.38. The van der Waals surface area contributed by atoms with Crippen molar-refractivity contribution < 1.29 is 19.4 Å². The van der Waals surface area contributed by atoms with E-state index in [9.17, 15) is 9.90 Å². The maximum Gasteiger partial charge on any atom is 0.138 e. The average molecular weight is 350 g/mol. The molecule has 2 atom stereocenters. The number of rotatable bonds is 8. The van der Waals surface area contributed by atoms with E-state index in [1.807, 2.05) is 45.0 Å². The Morgan fingerprint density at radius 1 is 1.00 bits per heavy atom. The number of aliphatic hydroxyl groups excluding tert-OH is 1. The Hall–Kier alpha value is -1.39. The summed E-state index contributed by atoms with van der Waals surface area (Å²) in [7, 11) is 1.64. The third kappa shape index (κ3) is 7.57. The first kappa shape index (κ1) is 21.7. The van der Waals surface area contributed by atoms with Crippen LogP contribution in [0.5, 0.6) is 5.75 Å². The van der Waals surface area contributed by atoms with Crippen LogP contribution in [0.3, 0.4) is 0 Å². The first-order valence-corrected chi connectivity index (χ1v) is 8.87. The second kappa shape index (κ2) is 8.81. The number of benzene rings is 1. The number of carbonyl (C=O) groups is 1. The third-order valence-corrected chi connectivity index (χ3v) is 4.41. The van der Waals surface area contributed by atoms with Crippen LogP contribution in [0.25, 0.3) is 0 Å². The summed E-state index contributed by atoms with van der Waals surface area (Å²) in [5, 5.41) is 10.2. The molecule has 0 saturated carbocycles. The molecule has 1 aromatic carbocycles. The largest absolute Gasteiger partial charge is 0.497 e. The molecule has 1 N–H and O–H groups in total. The highest BCUT2D eigenvalue weighted by Crippen LogP contribution is 2.28. The van der Waals surface area contributed by atoms with Gasteiger partial charge in [-0.15, -0.1) is 0 Å². The number of ether oxygens (including phenoxy) is 2. The molecule has 0 aliphatic rings. The van der Waals surface area contributed by atoms with Gasteiger partial charge in [0.1, 0.15) is 11.5 Å². The van der Waals surface area contributed by atoms with Crippen molar-refractivity contribution in [1.82, 2.24) is 0 Å². The van der Waals surface area contributed by atoms with Crippen molar-refractivity contribution >= 4 is 5.78 Å². The molecule has 0 amide bonds. The zero-order valence-corrected chi connectivity index (χ0v) is 16.8. The second-order valence-corrected chi connectivity index (χ2v) is 8.84. The molecule has 0 aromatic heterocycles. The average Bonchev–Trinajstić information content (AvgIpc) is 2.49. The Morgan fingerprint density at radius 2 is 1.56 bits per heavy atom. The zero-order valence-electron chi connectivity index (χ0n) is 16.8. The van der Waals surface area contributed by atoms with Crippen molar-refractivity contribution in [3.05, 3.63) is 29.8 Å². The number of hydrogen-bond donors (Lipinski definition) is 1. The Kier molecular flexibility index (Phi) is 7.63. The van der Waals surface area contributed by atoms with E-state index >= 15 is 0 Å². The summed E-state index contributed by atoms with van der Waals surface area (Å²) in [6.07, 6.45) is -0.356. The summed E-state index contributed by atoms with van der Waals surface area (Å²) in [6.45, 7) is 12.5. The van der Waals surface area contributed by atoms with E-state index in [1.54, 1.807) is 7.11 Å². The summed E-state index contributed by atoms with van der Waals surface area (Å²) in [6, 6.07) is 7.72. The second-order valence-electron chi connectivity index (χ2n) is 8.84. The molecule has 0 spiro atoms. The Bertz CT molecular complexity index is 534. The van der Waals surface area contributed by atoms with Crippen molar-refractivity contribution in [3.8, 4) is 5.75 Å². The van der Waals surface area contributed by atoms with Gasteiger partial charge in [0, 0.05) is 12.8 Å². The SMILES string of the molecule is COc1ccc(CO[C@H](CC(=O)C[C@H](O)C(C)(C)C)C(C)(C)C)cc1. The molecular formula is C21H34O4. The zero-order chi connectivity index (χ0) is 19.3. The summed E-state index contributed by atoms with van der Waals surface area (Å²) in [5.74, 6) is 0.847. The molecule has 0 aliphatic heterocycles. The fraction of sp³-hybridized carbons (Fsp3) is 0.667. The molecule has 0 heterocycles. The van der Waals surface area contributed by atoms with Gasteiger partial charge in [0.15, 0.2) is 0 Å². The fourth-order valence-electron chi connectivity index (χ4n) is 2.35. The molecule has 0 unspecified atom stereocenters. The normalized spacial score (nSPS) is 14.9. The Morgan fingerprint density at radius 3 is 2.00 bits per heavy atom. The van der Waals surface area contributed by atoms with Crippen molar-refractivity contribution in [2.45, 2.75) is 73.2 Å². The first-order valence-electron chi connectivity index (χ1n) is 8.87. The third-order valence-electron chi connectivity index (χ3n) is 4.41. The summed E-state index contributed by atoms with van der Waals surface area (Å²) in [4.78, 5) is 12.4. The van der Waals surface area contributed by atoms with Crippen LogP contribution < -0.4 is 4.74 Å². The number of Topliss-reactive ketones (excluding diaryl/α,β-unsaturated/α-hetero) is 1. The standard InChI is InChI=1S/C21H34O4/c1-20(2,3)18(23)12-16(22)13-19(21(4,5)6)25-14-15-8-10-17(24-7)11-9-15/h8-11,18-19,23H,12-14H2,1-7H3/t18-,19+/m0/s1. The van der Waals surface area contributed by atoms with Crippen LogP contribution in [0, 0.1) is 10.8 Å². The number of aliphatic hydroxyl groups is 1. The van der Waals surface area contributed by atoms with Crippen LogP contribution in [0.2, 0.25) is 0 Å². The smallest absolute Gasteiger partial charge is 0.138 e. The maximum absolute atomic E-state index is 12.4. The van der Waals surface area contributed by atoms with Gasteiger partial charge >= 0.3 is 0 Å². The molecule has 0 saturated heterocycles. The lowest BCUT2D eigenvalue weighted by atomic mass is 9.82. The van der Waals surface area contributed by atoms with E-state index in [4.69, 9.17) is 9.47 Å². The van der Waals surface area contributed by atoms with E-state index in [-0.39, 0.29) is 29.1 Å². The first-order chi connectivity index (χ1) is 11.4. The van der Waals surface area contributed by atoms with Gasteiger partial charge < -0.3 is 14.6 Å². The van der Waals surface area contributed by atoms with Crippen molar-refractivity contribution in [3.63, 3.8) is 0 Å². The van der Waals surface area contributed by atoms with Crippen molar-refractivity contribution in [1.29, 1.82) is 0 Å². The summed E-state index contributed by atoms with van der Waals surface area (Å²) < 4.78 is 11.2. The molecule has 4 nitrogen and oxygen atoms in total. The molecule has 25 heavy (non-hydrogen) atoms. The van der Waals surface area contributed by atoms with Gasteiger partial charge in [0.2, 0.25) is 0 Å². The van der Waals surface area contributed by atoms with E-state index < -0.39 is 6.10 Å². The summed E-state index contributed by atoms with van der Waals surface area (Å²) in [5.41, 5.74) is 0.586. The van der Waals surface area contributed by atoms with Gasteiger partial charge in [-0.25, -0.2) is 0 Å². The van der Waals surface area contributed by atoms with Gasteiger partial charge in [-0.1, -0.05) is 53.7 Å². The molecule has 1 rings (SSSR count). The van der Waals surface area contributed by atoms with Crippen LogP contribution in [0.4, 0.5) is 0 Å². The molecular weight excluding hydrogens is 316 g/mol. The molecule has 1 aromatic rings. The van der Waals surface area contributed by atoms with Crippen molar-refractivity contribution in [2.75, 3.05) is 7.11 Å². The van der Waals surface area contributed by atoms with E-state index in [2.05, 4.69) is 20.8 Å². The lowest BCUT2D eigenvalue weighted by molar-refractivity contribution is -0.128. The minimum atomic E-state index is -0.637. The summed E-state index contributed by atoms with van der Waals surface area (Å²) >= 11 is 0. The van der Waals surface area contributed by atoms with Gasteiger partial charge in [-0.3, -0.25) is 4.79 Å². The van der Waals surface area contributed by atoms with Crippen LogP contribution in [0.1, 0.15) is 59.9 Å². The van der Waals surface area contributed by atoms with Gasteiger partial charge in [0.05, 0.1) is 25.9 Å². The maximum atomic E-state index is 12.4. The topological polar surface area (TPSA) is 55.8 Å². The highest BCUT2D eigenvalue weighted by molar-refractivity contribution is 5.79. The highest BCUT2D eigenvalue weighted by Gasteiger charge is 2.30. The van der Waals surface area contributed by atoms with Gasteiger partial charge in [-0.05, 0) is 28.5 Å². The molecule has 0 aliphatic carbocycles. The lowest BCUT2D eigenvalue weighted by Gasteiger charge is -2.31. The van der Waals surface area contributed by atoms with Crippen LogP contribution >= 0.6 is 0 Å². The minimum Gasteiger partial charge on any atom is -0.497 e. The highest BCUT2D eigenvalue weighted by atomic mass is 16.5. The van der Waals surface area contributed by atoms with Crippen LogP contribution in [0.15, 0.2) is 24.3 Å². The fourth-order valence-corrected chi connectivity index (χ4v) is 2.35. The Balaban J connectivity index is 2.66. The van der Waals surface area contributed by atoms with Crippen LogP contribution in [-0.2, 0) is 16.1 Å². The van der Waals surface area contributed by atoms with Gasteiger partial charge in [0.25, 0.3) is 0 Å². The number of carbonyl (C=O) groups excluding carboxylic acids is 1. The molecule has 0 bridgehead atoms. The molecule has 4 heteroatoms. The molecule has 0 fully saturated rings. The van der Waals surface area contributed by atoms with E-state index in [0.717, 1.165) is 11.3 Å². The number of ketones is 1. The number of methoxy groups -OCH3 is 1. The van der Waals surface area contributed by atoms with E-state index in [0.29, 0.717) is 13.0 Å². The lowest BCUT2D eigenvalue weighted by Crippen LogP contribution is -2.34. The van der Waals surface area contributed by atoms with E-state index in [1.165, 1.54) is 0 Å². The van der Waals surface area contributed by atoms with Gasteiger partial charge in [-0.2, -0.15) is 0 Å². The molecule has 142 valence electrons. The monoisotopic (exact) mass is 350 g/mol. The quantitative estimate of drug-likeness (QED) is 0.756. The number of hydrogen-bond acceptors (Lipinski definition) is 4. The predicted molar refractivity (Wildman–Crippen MR) is 101 cm³/mol. The minimum absolute atomic E-state index is 0.0390. The van der Waals surface area contributed by atoms with Crippen molar-refractivity contribution in [2.24, 2.45) is 10.8 Å².